The van der Waals surface area contributed by atoms with E-state index >= 15 is 0 Å². The van der Waals surface area contributed by atoms with Crippen LogP contribution in [0.5, 0.6) is 40.2 Å². The molecule has 0 heterocycles. The second-order valence-electron chi connectivity index (χ2n) is 11.9. The number of hydrogen-bond donors (Lipinski definition) is 0. The van der Waals surface area contributed by atoms with Crippen molar-refractivity contribution < 1.29 is 32.2 Å². The maximum Gasteiger partial charge on any atom is 0.206 e. The van der Waals surface area contributed by atoms with E-state index in [-0.39, 0.29) is 21.7 Å². The van der Waals surface area contributed by atoms with E-state index in [1.807, 2.05) is 50.2 Å². The van der Waals surface area contributed by atoms with Crippen LogP contribution in [0.1, 0.15) is 48.7 Å². The number of rotatable bonds is 14. The van der Waals surface area contributed by atoms with Crippen LogP contribution in [0.15, 0.2) is 155 Å². The zero-order valence-corrected chi connectivity index (χ0v) is 29.4. The number of carbonyl (C=O) groups excluding carboxylic acids is 1. The van der Waals surface area contributed by atoms with Gasteiger partial charge in [-0.15, -0.1) is 0 Å². The molecule has 6 aromatic carbocycles. The molecule has 0 saturated heterocycles. The van der Waals surface area contributed by atoms with Crippen LogP contribution in [0.25, 0.3) is 0 Å². The molecular weight excluding hydrogens is 661 g/mol. The highest BCUT2D eigenvalue weighted by molar-refractivity contribution is 7.91. The first-order valence-corrected chi connectivity index (χ1v) is 18.3. The van der Waals surface area contributed by atoms with E-state index in [0.29, 0.717) is 45.6 Å². The second kappa shape index (κ2) is 15.8. The Hall–Kier alpha value is -5.86. The quantitative estimate of drug-likeness (QED) is 0.105. The summed E-state index contributed by atoms with van der Waals surface area (Å²) in [6.07, 6.45) is 1.92. The van der Waals surface area contributed by atoms with Crippen LogP contribution in [-0.2, 0) is 16.3 Å². The van der Waals surface area contributed by atoms with E-state index in [4.69, 9.17) is 18.9 Å². The lowest BCUT2D eigenvalue weighted by Crippen LogP contribution is -2.09. The van der Waals surface area contributed by atoms with Gasteiger partial charge in [0.25, 0.3) is 0 Å². The summed E-state index contributed by atoms with van der Waals surface area (Å²) in [5, 5.41) is 0. The zero-order valence-electron chi connectivity index (χ0n) is 28.6. The molecule has 8 heteroatoms. The summed E-state index contributed by atoms with van der Waals surface area (Å²) in [4.78, 5) is 13.6. The SMILES string of the molecule is CCc1ccc(S(=O)(=O)c2ccc(Oc3ccc(Oc4ccc(C(=O)c5ccc(Oc6ccc(OC(C)CC)cc6)cc5)cc4)cc3)cc2)cc1. The average molecular weight is 699 g/mol. The maximum absolute atomic E-state index is 13.1. The Bertz CT molecular complexity index is 2160. The van der Waals surface area contributed by atoms with E-state index in [0.717, 1.165) is 24.2 Å². The summed E-state index contributed by atoms with van der Waals surface area (Å²) in [5.74, 6) is 4.22. The summed E-state index contributed by atoms with van der Waals surface area (Å²) in [7, 11) is -3.62. The third-order valence-electron chi connectivity index (χ3n) is 8.28. The van der Waals surface area contributed by atoms with Gasteiger partial charge in [-0.25, -0.2) is 8.42 Å². The van der Waals surface area contributed by atoms with E-state index < -0.39 is 9.84 Å². The van der Waals surface area contributed by atoms with Crippen LogP contribution < -0.4 is 18.9 Å². The predicted molar refractivity (Wildman–Crippen MR) is 198 cm³/mol. The highest BCUT2D eigenvalue weighted by atomic mass is 32.2. The molecule has 7 nitrogen and oxygen atoms in total. The molecule has 0 aliphatic heterocycles. The number of carbonyl (C=O) groups is 1. The summed E-state index contributed by atoms with van der Waals surface area (Å²) in [6.45, 7) is 6.14. The number of ether oxygens (including phenoxy) is 4. The van der Waals surface area contributed by atoms with Gasteiger partial charge in [-0.3, -0.25) is 4.79 Å². The first kappa shape index (κ1) is 35.0. The van der Waals surface area contributed by atoms with E-state index in [2.05, 4.69) is 6.92 Å². The third-order valence-corrected chi connectivity index (χ3v) is 10.1. The summed E-state index contributed by atoms with van der Waals surface area (Å²) in [6, 6.07) is 41.8. The van der Waals surface area contributed by atoms with Crippen LogP contribution in [0.2, 0.25) is 0 Å². The van der Waals surface area contributed by atoms with Crippen molar-refractivity contribution in [2.75, 3.05) is 0 Å². The van der Waals surface area contributed by atoms with Gasteiger partial charge in [-0.05, 0) is 159 Å². The molecular formula is C43H38O7S. The number of hydrogen-bond acceptors (Lipinski definition) is 7. The smallest absolute Gasteiger partial charge is 0.206 e. The molecule has 6 rings (SSSR count). The summed E-state index contributed by atoms with van der Waals surface area (Å²) >= 11 is 0. The summed E-state index contributed by atoms with van der Waals surface area (Å²) in [5.41, 5.74) is 2.15. The first-order chi connectivity index (χ1) is 24.7. The number of benzene rings is 6. The molecule has 0 aromatic heterocycles. The van der Waals surface area contributed by atoms with Crippen LogP contribution in [0.3, 0.4) is 0 Å². The number of aryl methyl sites for hydroxylation is 1. The highest BCUT2D eigenvalue weighted by Crippen LogP contribution is 2.30. The molecule has 258 valence electrons. The lowest BCUT2D eigenvalue weighted by Gasteiger charge is -2.13. The van der Waals surface area contributed by atoms with Crippen molar-refractivity contribution in [3.05, 3.63) is 162 Å². The Labute approximate surface area is 299 Å². The average Bonchev–Trinajstić information content (AvgIpc) is 3.17. The van der Waals surface area contributed by atoms with Crippen LogP contribution >= 0.6 is 0 Å². The molecule has 51 heavy (non-hydrogen) atoms. The van der Waals surface area contributed by atoms with Gasteiger partial charge < -0.3 is 18.9 Å². The first-order valence-electron chi connectivity index (χ1n) is 16.8. The molecule has 0 amide bonds. The van der Waals surface area contributed by atoms with Gasteiger partial charge in [0.2, 0.25) is 9.84 Å². The van der Waals surface area contributed by atoms with Gasteiger partial charge in [-0.2, -0.15) is 0 Å². The van der Waals surface area contributed by atoms with Gasteiger partial charge >= 0.3 is 0 Å². The fourth-order valence-electron chi connectivity index (χ4n) is 5.13. The summed E-state index contributed by atoms with van der Waals surface area (Å²) < 4.78 is 49.7. The highest BCUT2D eigenvalue weighted by Gasteiger charge is 2.18. The Morgan fingerprint density at radius 3 is 1.16 bits per heavy atom. The standard InChI is InChI=1S/C43H38O7S/c1-4-30(3)47-34-16-18-37(19-17-34)48-35-12-8-32(9-13-35)43(44)33-10-14-36(15-11-33)49-38-20-22-39(23-21-38)50-40-24-28-42(29-25-40)51(45,46)41-26-6-31(5-2)7-27-41/h6-30H,4-5H2,1-3H3. The fraction of sp³-hybridized carbons (Fsp3) is 0.140. The molecule has 1 atom stereocenters. The van der Waals surface area contributed by atoms with Crippen molar-refractivity contribution in [3.63, 3.8) is 0 Å². The second-order valence-corrected chi connectivity index (χ2v) is 13.9. The molecule has 0 saturated carbocycles. The minimum absolute atomic E-state index is 0.114. The predicted octanol–water partition coefficient (Wildman–Crippen LogP) is 10.9. The molecule has 0 N–H and O–H groups in total. The van der Waals surface area contributed by atoms with Crippen LogP contribution in [-0.4, -0.2) is 20.3 Å². The molecule has 0 aliphatic carbocycles. The number of ketones is 1. The molecule has 0 bridgehead atoms. The molecule has 0 radical (unpaired) electrons. The third kappa shape index (κ3) is 8.84. The fourth-order valence-corrected chi connectivity index (χ4v) is 6.39. The van der Waals surface area contributed by atoms with E-state index in [1.165, 1.54) is 0 Å². The van der Waals surface area contributed by atoms with E-state index in [1.54, 1.807) is 109 Å². The van der Waals surface area contributed by atoms with Gasteiger partial charge in [0, 0.05) is 11.1 Å². The van der Waals surface area contributed by atoms with Gasteiger partial charge in [-0.1, -0.05) is 26.0 Å². The lowest BCUT2D eigenvalue weighted by atomic mass is 10.0. The molecule has 6 aromatic rings. The van der Waals surface area contributed by atoms with Crippen molar-refractivity contribution in [2.45, 2.75) is 49.5 Å². The maximum atomic E-state index is 13.1. The van der Waals surface area contributed by atoms with Crippen LogP contribution in [0, 0.1) is 0 Å². The van der Waals surface area contributed by atoms with Gasteiger partial charge in [0.1, 0.15) is 40.2 Å². The Morgan fingerprint density at radius 1 is 0.490 bits per heavy atom. The van der Waals surface area contributed by atoms with Crippen molar-refractivity contribution >= 4 is 15.6 Å². The minimum atomic E-state index is -3.62. The monoisotopic (exact) mass is 698 g/mol. The molecule has 1 unspecified atom stereocenters. The van der Waals surface area contributed by atoms with Crippen molar-refractivity contribution in [1.82, 2.24) is 0 Å². The zero-order chi connectivity index (χ0) is 35.8. The van der Waals surface area contributed by atoms with Crippen molar-refractivity contribution in [1.29, 1.82) is 0 Å². The van der Waals surface area contributed by atoms with Crippen LogP contribution in [0.4, 0.5) is 0 Å². The van der Waals surface area contributed by atoms with Gasteiger partial charge in [0.15, 0.2) is 5.78 Å². The van der Waals surface area contributed by atoms with Gasteiger partial charge in [0.05, 0.1) is 15.9 Å². The normalized spacial score (nSPS) is 11.7. The topological polar surface area (TPSA) is 88.1 Å². The van der Waals surface area contributed by atoms with Crippen molar-refractivity contribution in [2.24, 2.45) is 0 Å². The Balaban J connectivity index is 1.01. The number of sulfone groups is 1. The largest absolute Gasteiger partial charge is 0.491 e. The Kier molecular flexibility index (Phi) is 10.8. The molecule has 0 aliphatic rings. The van der Waals surface area contributed by atoms with Crippen molar-refractivity contribution in [3.8, 4) is 40.2 Å². The molecule has 0 spiro atoms. The lowest BCUT2D eigenvalue weighted by molar-refractivity contribution is 0.103. The molecule has 0 fully saturated rings. The minimum Gasteiger partial charge on any atom is -0.491 e. The van der Waals surface area contributed by atoms with E-state index in [9.17, 15) is 13.2 Å². The Morgan fingerprint density at radius 2 is 0.804 bits per heavy atom.